The summed E-state index contributed by atoms with van der Waals surface area (Å²) in [5.41, 5.74) is 0.835. The van der Waals surface area contributed by atoms with Crippen molar-refractivity contribution in [1.82, 2.24) is 9.97 Å². The number of nitrogens with zero attached hydrogens (tertiary/aromatic N) is 2. The van der Waals surface area contributed by atoms with Crippen molar-refractivity contribution in [3.8, 4) is 5.75 Å². The van der Waals surface area contributed by atoms with Crippen molar-refractivity contribution in [2.75, 3.05) is 0 Å². The molecule has 3 rings (SSSR count). The minimum absolute atomic E-state index is 0.143. The molecule has 132 valence electrons. The Morgan fingerprint density at radius 2 is 2.12 bits per heavy atom. The van der Waals surface area contributed by atoms with Gasteiger partial charge < -0.3 is 9.15 Å². The zero-order chi connectivity index (χ0) is 18.5. The molecule has 2 heterocycles. The van der Waals surface area contributed by atoms with Gasteiger partial charge in [0.15, 0.2) is 5.16 Å². The highest BCUT2D eigenvalue weighted by Crippen LogP contribution is 2.20. The van der Waals surface area contributed by atoms with Crippen LogP contribution in [-0.2, 0) is 5.75 Å². The quantitative estimate of drug-likeness (QED) is 0.238. The first-order valence-corrected chi connectivity index (χ1v) is 9.60. The van der Waals surface area contributed by atoms with Crippen LogP contribution in [-0.4, -0.2) is 15.9 Å². The molecule has 0 spiro atoms. The van der Waals surface area contributed by atoms with E-state index in [1.54, 1.807) is 30.5 Å². The van der Waals surface area contributed by atoms with Crippen LogP contribution in [0.1, 0.15) is 21.8 Å². The Morgan fingerprint density at radius 1 is 1.31 bits per heavy atom. The third-order valence-electron chi connectivity index (χ3n) is 3.26. The zero-order valence-electron chi connectivity index (χ0n) is 13.6. The fourth-order valence-corrected chi connectivity index (χ4v) is 3.38. The van der Waals surface area contributed by atoms with Gasteiger partial charge in [0.05, 0.1) is 11.3 Å². The summed E-state index contributed by atoms with van der Waals surface area (Å²) in [4.78, 5) is 32.8. The fourth-order valence-electron chi connectivity index (χ4n) is 2.00. The average Bonchev–Trinajstić information content (AvgIpc) is 2.62. The van der Waals surface area contributed by atoms with Crippen LogP contribution >= 0.6 is 34.4 Å². The van der Waals surface area contributed by atoms with E-state index in [4.69, 9.17) is 9.15 Å². The number of benzene rings is 1. The number of hydrogen-bond acceptors (Lipinski definition) is 7. The van der Waals surface area contributed by atoms with E-state index in [-0.39, 0.29) is 5.75 Å². The normalized spacial score (nSPS) is 10.5. The van der Waals surface area contributed by atoms with Gasteiger partial charge in [-0.3, -0.25) is 4.79 Å². The number of ether oxygens (including phenoxy) is 1. The molecule has 26 heavy (non-hydrogen) atoms. The van der Waals surface area contributed by atoms with Gasteiger partial charge in [0.1, 0.15) is 12.0 Å². The number of esters is 1. The lowest BCUT2D eigenvalue weighted by atomic mass is 10.2. The average molecular weight is 480 g/mol. The standard InChI is InChI=1S/C18H13IN2O4S/c1-11-6-7-20-18(21-11)26-10-12-8-15(22)16(9-24-12)25-17(23)13-4-2-3-5-14(13)19/h2-9H,10H2,1H3. The van der Waals surface area contributed by atoms with Crippen molar-refractivity contribution >= 4 is 40.3 Å². The van der Waals surface area contributed by atoms with E-state index >= 15 is 0 Å². The zero-order valence-corrected chi connectivity index (χ0v) is 16.6. The van der Waals surface area contributed by atoms with Crippen LogP contribution in [0.15, 0.2) is 63.2 Å². The smallest absolute Gasteiger partial charge is 0.344 e. The van der Waals surface area contributed by atoms with Gasteiger partial charge in [0.2, 0.25) is 11.2 Å². The van der Waals surface area contributed by atoms with Crippen molar-refractivity contribution in [3.63, 3.8) is 0 Å². The summed E-state index contributed by atoms with van der Waals surface area (Å²) in [6, 6.07) is 10.1. The molecule has 0 saturated carbocycles. The van der Waals surface area contributed by atoms with Crippen molar-refractivity contribution < 1.29 is 13.9 Å². The SMILES string of the molecule is Cc1ccnc(SCc2cc(=O)c(OC(=O)c3ccccc3I)co2)n1. The molecule has 0 fully saturated rings. The Labute approximate surface area is 167 Å². The molecule has 0 unspecified atom stereocenters. The second kappa shape index (κ2) is 8.45. The van der Waals surface area contributed by atoms with E-state index in [0.29, 0.717) is 22.2 Å². The van der Waals surface area contributed by atoms with Gasteiger partial charge in [0, 0.05) is 21.5 Å². The van der Waals surface area contributed by atoms with Gasteiger partial charge in [-0.2, -0.15) is 0 Å². The van der Waals surface area contributed by atoms with Crippen molar-refractivity contribution in [2.45, 2.75) is 17.8 Å². The Kier molecular flexibility index (Phi) is 6.04. The lowest BCUT2D eigenvalue weighted by Crippen LogP contribution is -2.15. The number of aryl methyl sites for hydroxylation is 1. The number of rotatable bonds is 5. The fraction of sp³-hybridized carbons (Fsp3) is 0.111. The first-order valence-electron chi connectivity index (χ1n) is 7.54. The second-order valence-electron chi connectivity index (χ2n) is 5.21. The summed E-state index contributed by atoms with van der Waals surface area (Å²) in [6.07, 6.45) is 2.83. The Balaban J connectivity index is 1.69. The second-order valence-corrected chi connectivity index (χ2v) is 7.32. The van der Waals surface area contributed by atoms with Crippen LogP contribution in [0.4, 0.5) is 0 Å². The molecule has 2 aromatic heterocycles. The van der Waals surface area contributed by atoms with Crippen molar-refractivity contribution in [2.24, 2.45) is 0 Å². The molecule has 0 amide bonds. The Morgan fingerprint density at radius 3 is 2.85 bits per heavy atom. The first kappa shape index (κ1) is 18.6. The van der Waals surface area contributed by atoms with E-state index in [2.05, 4.69) is 9.97 Å². The van der Waals surface area contributed by atoms with E-state index in [0.717, 1.165) is 15.5 Å². The lowest BCUT2D eigenvalue weighted by molar-refractivity contribution is 0.0727. The summed E-state index contributed by atoms with van der Waals surface area (Å²) in [5.74, 6) is 0.0933. The number of hydrogen-bond donors (Lipinski definition) is 0. The molecule has 3 aromatic rings. The van der Waals surface area contributed by atoms with Gasteiger partial charge in [0.25, 0.3) is 0 Å². The van der Waals surface area contributed by atoms with Crippen LogP contribution in [0.25, 0.3) is 0 Å². The van der Waals surface area contributed by atoms with Crippen LogP contribution < -0.4 is 10.2 Å². The Hall–Kier alpha value is -2.20. The van der Waals surface area contributed by atoms with Crippen LogP contribution in [0, 0.1) is 10.5 Å². The predicted molar refractivity (Wildman–Crippen MR) is 105 cm³/mol. The van der Waals surface area contributed by atoms with Gasteiger partial charge in [-0.25, -0.2) is 14.8 Å². The third kappa shape index (κ3) is 4.70. The molecule has 0 atom stereocenters. The number of carbonyl (C=O) groups excluding carboxylic acids is 1. The lowest BCUT2D eigenvalue weighted by Gasteiger charge is -2.06. The Bertz CT molecular complexity index is 1010. The molecule has 0 aliphatic carbocycles. The van der Waals surface area contributed by atoms with Gasteiger partial charge in [-0.1, -0.05) is 23.9 Å². The molecule has 6 nitrogen and oxygen atoms in total. The van der Waals surface area contributed by atoms with Crippen molar-refractivity contribution in [3.05, 3.63) is 79.7 Å². The highest BCUT2D eigenvalue weighted by Gasteiger charge is 2.15. The molecule has 8 heteroatoms. The monoisotopic (exact) mass is 480 g/mol. The molecular formula is C18H13IN2O4S. The van der Waals surface area contributed by atoms with E-state index < -0.39 is 11.4 Å². The van der Waals surface area contributed by atoms with Crippen molar-refractivity contribution in [1.29, 1.82) is 0 Å². The topological polar surface area (TPSA) is 82.3 Å². The number of carbonyl (C=O) groups is 1. The van der Waals surface area contributed by atoms with E-state index in [1.807, 2.05) is 35.6 Å². The number of aromatic nitrogens is 2. The summed E-state index contributed by atoms with van der Waals surface area (Å²) >= 11 is 3.39. The van der Waals surface area contributed by atoms with E-state index in [9.17, 15) is 9.59 Å². The number of halogens is 1. The maximum Gasteiger partial charge on any atom is 0.344 e. The molecule has 0 aliphatic rings. The highest BCUT2D eigenvalue weighted by atomic mass is 127. The summed E-state index contributed by atoms with van der Waals surface area (Å²) in [7, 11) is 0. The minimum Gasteiger partial charge on any atom is -0.464 e. The van der Waals surface area contributed by atoms with Crippen LogP contribution in [0.2, 0.25) is 0 Å². The van der Waals surface area contributed by atoms with Gasteiger partial charge >= 0.3 is 5.97 Å². The summed E-state index contributed by atoms with van der Waals surface area (Å²) < 4.78 is 11.3. The maximum atomic E-state index is 12.2. The molecule has 1 aromatic carbocycles. The predicted octanol–water partition coefficient (Wildman–Crippen LogP) is 3.85. The van der Waals surface area contributed by atoms with Gasteiger partial charge in [-0.15, -0.1) is 0 Å². The number of thioether (sulfide) groups is 1. The molecular weight excluding hydrogens is 467 g/mol. The van der Waals surface area contributed by atoms with E-state index in [1.165, 1.54) is 17.8 Å². The third-order valence-corrected chi connectivity index (χ3v) is 5.09. The highest BCUT2D eigenvalue weighted by molar-refractivity contribution is 14.1. The molecule has 0 radical (unpaired) electrons. The summed E-state index contributed by atoms with van der Waals surface area (Å²) in [6.45, 7) is 1.88. The molecule has 0 aliphatic heterocycles. The molecule has 0 N–H and O–H groups in total. The molecule has 0 saturated heterocycles. The summed E-state index contributed by atoms with van der Waals surface area (Å²) in [5, 5.41) is 0.599. The van der Waals surface area contributed by atoms with Crippen LogP contribution in [0.5, 0.6) is 5.75 Å². The minimum atomic E-state index is -0.599. The first-order chi connectivity index (χ1) is 12.5. The molecule has 0 bridgehead atoms. The maximum absolute atomic E-state index is 12.2. The van der Waals surface area contributed by atoms with Gasteiger partial charge in [-0.05, 0) is 47.7 Å². The van der Waals surface area contributed by atoms with Crippen LogP contribution in [0.3, 0.4) is 0 Å². The largest absolute Gasteiger partial charge is 0.464 e.